The minimum absolute atomic E-state index is 0.0123. The summed E-state index contributed by atoms with van der Waals surface area (Å²) in [4.78, 5) is 29.9. The van der Waals surface area contributed by atoms with Crippen molar-refractivity contribution in [3.8, 4) is 0 Å². The smallest absolute Gasteiger partial charge is 0.230 e. The number of nitrogens with zero attached hydrogens (tertiary/aromatic N) is 2. The Hall–Kier alpha value is -1.79. The second kappa shape index (κ2) is 9.49. The highest BCUT2D eigenvalue weighted by molar-refractivity contribution is 5.85. The van der Waals surface area contributed by atoms with Crippen molar-refractivity contribution in [1.29, 1.82) is 0 Å². The third-order valence-electron chi connectivity index (χ3n) is 4.48. The molecule has 1 aliphatic rings. The molecule has 0 atom stereocenters. The number of amides is 2. The molecule has 0 radical (unpaired) electrons. The van der Waals surface area contributed by atoms with Crippen LogP contribution in [-0.4, -0.2) is 63.5 Å². The molecule has 0 aromatic carbocycles. The van der Waals surface area contributed by atoms with Crippen molar-refractivity contribution >= 4 is 17.8 Å². The van der Waals surface area contributed by atoms with Gasteiger partial charge in [0.05, 0.1) is 5.41 Å². The van der Waals surface area contributed by atoms with Crippen molar-refractivity contribution in [3.63, 3.8) is 0 Å². The topological polar surface area (TPSA) is 85.8 Å². The number of carbonyl (C=O) groups is 2. The van der Waals surface area contributed by atoms with Crippen LogP contribution in [0.5, 0.6) is 0 Å². The molecule has 0 heterocycles. The van der Waals surface area contributed by atoms with Gasteiger partial charge in [-0.05, 0) is 12.8 Å². The van der Waals surface area contributed by atoms with E-state index in [1.807, 2.05) is 27.9 Å². The molecule has 1 saturated carbocycles. The summed E-state index contributed by atoms with van der Waals surface area (Å²) in [5, 5.41) is 9.30. The van der Waals surface area contributed by atoms with Crippen LogP contribution in [0.3, 0.4) is 0 Å². The van der Waals surface area contributed by atoms with E-state index in [1.165, 1.54) is 0 Å². The highest BCUT2D eigenvalue weighted by Gasteiger charge is 2.42. The lowest BCUT2D eigenvalue weighted by atomic mass is 9.84. The van der Waals surface area contributed by atoms with E-state index < -0.39 is 0 Å². The number of carbonyl (C=O) groups excluding carboxylic acids is 2. The molecule has 0 bridgehead atoms. The molecule has 0 spiro atoms. The van der Waals surface area contributed by atoms with Gasteiger partial charge in [-0.25, -0.2) is 0 Å². The molecule has 0 unspecified atom stereocenters. The first kappa shape index (κ1) is 20.3. The fourth-order valence-corrected chi connectivity index (χ4v) is 3.04. The van der Waals surface area contributed by atoms with Crippen LogP contribution in [-0.2, 0) is 9.59 Å². The third kappa shape index (κ3) is 5.69. The fourth-order valence-electron chi connectivity index (χ4n) is 3.04. The lowest BCUT2D eigenvalue weighted by Crippen LogP contribution is -2.50. The van der Waals surface area contributed by atoms with Crippen LogP contribution in [0, 0.1) is 11.3 Å². The maximum atomic E-state index is 12.5. The SMILES string of the molecule is CN=C(NCCNC(=O)C(C)C)NCC1(C(=O)N(C)C)CCCC1. The Morgan fingerprint density at radius 3 is 2.17 bits per heavy atom. The molecular formula is C17H33N5O2. The van der Waals surface area contributed by atoms with Crippen LogP contribution < -0.4 is 16.0 Å². The first-order valence-corrected chi connectivity index (χ1v) is 8.76. The Morgan fingerprint density at radius 2 is 1.67 bits per heavy atom. The maximum absolute atomic E-state index is 12.5. The van der Waals surface area contributed by atoms with Gasteiger partial charge in [0.2, 0.25) is 11.8 Å². The molecule has 1 aliphatic carbocycles. The van der Waals surface area contributed by atoms with Crippen molar-refractivity contribution in [1.82, 2.24) is 20.9 Å². The summed E-state index contributed by atoms with van der Waals surface area (Å²) < 4.78 is 0. The van der Waals surface area contributed by atoms with Gasteiger partial charge in [0.1, 0.15) is 0 Å². The lowest BCUT2D eigenvalue weighted by molar-refractivity contribution is -0.138. The zero-order chi connectivity index (χ0) is 18.2. The standard InChI is InChI=1S/C17H33N5O2/c1-13(2)14(23)19-10-11-20-16(18-3)21-12-17(8-6-7-9-17)15(24)22(4)5/h13H,6-12H2,1-5H3,(H,19,23)(H2,18,20,21). The monoisotopic (exact) mass is 339 g/mol. The summed E-state index contributed by atoms with van der Waals surface area (Å²) in [5.41, 5.74) is -0.326. The van der Waals surface area contributed by atoms with E-state index in [1.54, 1.807) is 11.9 Å². The molecule has 7 nitrogen and oxygen atoms in total. The summed E-state index contributed by atoms with van der Waals surface area (Å²) in [7, 11) is 5.33. The average Bonchev–Trinajstić information content (AvgIpc) is 3.02. The molecule has 3 N–H and O–H groups in total. The van der Waals surface area contributed by atoms with Crippen LogP contribution in [0.2, 0.25) is 0 Å². The highest BCUT2D eigenvalue weighted by atomic mass is 16.2. The van der Waals surface area contributed by atoms with Gasteiger partial charge in [0.25, 0.3) is 0 Å². The Labute approximate surface area is 145 Å². The molecule has 0 aliphatic heterocycles. The molecule has 7 heteroatoms. The number of hydrogen-bond acceptors (Lipinski definition) is 3. The molecule has 138 valence electrons. The van der Waals surface area contributed by atoms with Crippen LogP contribution in [0.4, 0.5) is 0 Å². The van der Waals surface area contributed by atoms with Crippen LogP contribution >= 0.6 is 0 Å². The van der Waals surface area contributed by atoms with Crippen LogP contribution in [0.1, 0.15) is 39.5 Å². The van der Waals surface area contributed by atoms with Gasteiger partial charge in [0.15, 0.2) is 5.96 Å². The first-order valence-electron chi connectivity index (χ1n) is 8.76. The predicted molar refractivity (Wildman–Crippen MR) is 96.8 cm³/mol. The predicted octanol–water partition coefficient (Wildman–Crippen LogP) is 0.572. The van der Waals surface area contributed by atoms with Crippen LogP contribution in [0.25, 0.3) is 0 Å². The Balaban J connectivity index is 2.45. The van der Waals surface area contributed by atoms with Gasteiger partial charge in [-0.3, -0.25) is 14.6 Å². The molecule has 1 fully saturated rings. The second-order valence-electron chi connectivity index (χ2n) is 6.99. The molecule has 2 amide bonds. The van der Waals surface area contributed by atoms with Crippen LogP contribution in [0.15, 0.2) is 4.99 Å². The van der Waals surface area contributed by atoms with Gasteiger partial charge in [-0.15, -0.1) is 0 Å². The normalized spacial score (nSPS) is 16.8. The van der Waals surface area contributed by atoms with E-state index in [9.17, 15) is 9.59 Å². The van der Waals surface area contributed by atoms with E-state index >= 15 is 0 Å². The maximum Gasteiger partial charge on any atom is 0.230 e. The quantitative estimate of drug-likeness (QED) is 0.360. The number of rotatable bonds is 7. The van der Waals surface area contributed by atoms with E-state index in [2.05, 4.69) is 20.9 Å². The molecule has 0 aromatic rings. The van der Waals surface area contributed by atoms with Gasteiger partial charge in [-0.2, -0.15) is 0 Å². The number of aliphatic imine (C=N–C) groups is 1. The Bertz CT molecular complexity index is 454. The average molecular weight is 339 g/mol. The van der Waals surface area contributed by atoms with Crippen molar-refractivity contribution in [2.45, 2.75) is 39.5 Å². The summed E-state index contributed by atoms with van der Waals surface area (Å²) in [6.07, 6.45) is 4.01. The summed E-state index contributed by atoms with van der Waals surface area (Å²) >= 11 is 0. The van der Waals surface area contributed by atoms with Gasteiger partial charge in [-0.1, -0.05) is 26.7 Å². The van der Waals surface area contributed by atoms with Gasteiger partial charge in [0, 0.05) is 46.7 Å². The van der Waals surface area contributed by atoms with E-state index in [-0.39, 0.29) is 23.1 Å². The summed E-state index contributed by atoms with van der Waals surface area (Å²) in [6.45, 7) is 5.45. The number of nitrogens with one attached hydrogen (secondary N) is 3. The summed E-state index contributed by atoms with van der Waals surface area (Å²) in [5.74, 6) is 0.877. The van der Waals surface area contributed by atoms with E-state index in [0.717, 1.165) is 25.7 Å². The third-order valence-corrected chi connectivity index (χ3v) is 4.48. The van der Waals surface area contributed by atoms with Crippen molar-refractivity contribution in [2.75, 3.05) is 40.8 Å². The van der Waals surface area contributed by atoms with Gasteiger partial charge < -0.3 is 20.9 Å². The number of guanidine groups is 1. The molecule has 1 rings (SSSR count). The van der Waals surface area contributed by atoms with E-state index in [0.29, 0.717) is 25.6 Å². The van der Waals surface area contributed by atoms with Gasteiger partial charge >= 0.3 is 0 Å². The fraction of sp³-hybridized carbons (Fsp3) is 0.824. The molecule has 24 heavy (non-hydrogen) atoms. The summed E-state index contributed by atoms with van der Waals surface area (Å²) in [6, 6.07) is 0. The molecule has 0 saturated heterocycles. The Morgan fingerprint density at radius 1 is 1.08 bits per heavy atom. The zero-order valence-corrected chi connectivity index (χ0v) is 15.7. The Kier molecular flexibility index (Phi) is 8.01. The second-order valence-corrected chi connectivity index (χ2v) is 6.99. The number of hydrogen-bond donors (Lipinski definition) is 3. The van der Waals surface area contributed by atoms with Crippen molar-refractivity contribution in [2.24, 2.45) is 16.3 Å². The van der Waals surface area contributed by atoms with Crippen molar-refractivity contribution < 1.29 is 9.59 Å². The zero-order valence-electron chi connectivity index (χ0n) is 15.7. The minimum Gasteiger partial charge on any atom is -0.355 e. The lowest BCUT2D eigenvalue weighted by Gasteiger charge is -2.31. The molecule has 0 aromatic heterocycles. The molecular weight excluding hydrogens is 306 g/mol. The van der Waals surface area contributed by atoms with E-state index in [4.69, 9.17) is 0 Å². The van der Waals surface area contributed by atoms with Crippen molar-refractivity contribution in [3.05, 3.63) is 0 Å². The first-order chi connectivity index (χ1) is 11.3. The largest absolute Gasteiger partial charge is 0.355 e. The minimum atomic E-state index is -0.326. The highest BCUT2D eigenvalue weighted by Crippen LogP contribution is 2.38.